The summed E-state index contributed by atoms with van der Waals surface area (Å²) in [5.74, 6) is -0.808. The van der Waals surface area contributed by atoms with E-state index in [2.05, 4.69) is 10.2 Å². The number of thiocarbonyl (C=S) groups is 1. The molecular formula is C23H16F2N2O3S2. The monoisotopic (exact) mass is 470 g/mol. The Morgan fingerprint density at radius 2 is 1.81 bits per heavy atom. The van der Waals surface area contributed by atoms with E-state index in [4.69, 9.17) is 12.2 Å². The SMILES string of the molecule is O=C(Cc1cccc2ccccc12)NN1C(=O)C(=Cc2ccc(OC(F)F)cc2)SC1=S. The van der Waals surface area contributed by atoms with E-state index in [1.165, 1.54) is 12.1 Å². The molecule has 3 aromatic rings. The number of halogens is 2. The predicted octanol–water partition coefficient (Wildman–Crippen LogP) is 4.92. The minimum absolute atomic E-state index is 0.0189. The minimum atomic E-state index is -2.91. The van der Waals surface area contributed by atoms with Crippen LogP contribution in [0.3, 0.4) is 0 Å². The summed E-state index contributed by atoms with van der Waals surface area (Å²) < 4.78 is 29.0. The molecule has 0 bridgehead atoms. The second kappa shape index (κ2) is 9.46. The van der Waals surface area contributed by atoms with E-state index < -0.39 is 12.5 Å². The van der Waals surface area contributed by atoms with E-state index >= 15 is 0 Å². The average molecular weight is 471 g/mol. The number of hydrogen-bond acceptors (Lipinski definition) is 5. The van der Waals surface area contributed by atoms with Gasteiger partial charge >= 0.3 is 6.61 Å². The fourth-order valence-electron chi connectivity index (χ4n) is 3.24. The molecule has 1 aliphatic rings. The second-order valence-electron chi connectivity index (χ2n) is 6.81. The molecular weight excluding hydrogens is 454 g/mol. The van der Waals surface area contributed by atoms with Crippen molar-refractivity contribution < 1.29 is 23.1 Å². The molecule has 1 aliphatic heterocycles. The Morgan fingerprint density at radius 3 is 2.56 bits per heavy atom. The number of thioether (sulfide) groups is 1. The molecule has 0 spiro atoms. The summed E-state index contributed by atoms with van der Waals surface area (Å²) in [5.41, 5.74) is 4.02. The van der Waals surface area contributed by atoms with Gasteiger partial charge in [-0.1, -0.05) is 66.4 Å². The van der Waals surface area contributed by atoms with E-state index in [0.717, 1.165) is 33.1 Å². The molecule has 0 aromatic heterocycles. The summed E-state index contributed by atoms with van der Waals surface area (Å²) in [6.45, 7) is -2.91. The zero-order valence-electron chi connectivity index (χ0n) is 16.5. The Bertz CT molecular complexity index is 1220. The molecule has 162 valence electrons. The Balaban J connectivity index is 1.44. The van der Waals surface area contributed by atoms with Gasteiger partial charge in [-0.3, -0.25) is 15.0 Å². The number of alkyl halides is 2. The number of hydrogen-bond donors (Lipinski definition) is 1. The summed E-state index contributed by atoms with van der Waals surface area (Å²) in [5, 5.41) is 3.04. The molecule has 32 heavy (non-hydrogen) atoms. The van der Waals surface area contributed by atoms with Crippen LogP contribution < -0.4 is 10.2 Å². The number of benzene rings is 3. The minimum Gasteiger partial charge on any atom is -0.435 e. The van der Waals surface area contributed by atoms with Gasteiger partial charge in [-0.2, -0.15) is 13.8 Å². The van der Waals surface area contributed by atoms with Crippen LogP contribution in [0, 0.1) is 0 Å². The maximum absolute atomic E-state index is 12.7. The topological polar surface area (TPSA) is 58.6 Å². The molecule has 3 aromatic carbocycles. The second-order valence-corrected chi connectivity index (χ2v) is 8.49. The maximum Gasteiger partial charge on any atom is 0.387 e. The van der Waals surface area contributed by atoms with Crippen molar-refractivity contribution in [3.05, 3.63) is 82.8 Å². The van der Waals surface area contributed by atoms with Crippen molar-refractivity contribution in [3.63, 3.8) is 0 Å². The maximum atomic E-state index is 12.7. The van der Waals surface area contributed by atoms with E-state index in [0.29, 0.717) is 10.5 Å². The third-order valence-corrected chi connectivity index (χ3v) is 5.97. The number of nitrogens with zero attached hydrogens (tertiary/aromatic N) is 1. The van der Waals surface area contributed by atoms with Crippen molar-refractivity contribution in [3.8, 4) is 5.75 Å². The molecule has 9 heteroatoms. The van der Waals surface area contributed by atoms with Crippen molar-refractivity contribution in [1.29, 1.82) is 0 Å². The van der Waals surface area contributed by atoms with Gasteiger partial charge in [0.05, 0.1) is 11.3 Å². The molecule has 0 radical (unpaired) electrons. The van der Waals surface area contributed by atoms with Gasteiger partial charge in [-0.25, -0.2) is 0 Å². The average Bonchev–Trinajstić information content (AvgIpc) is 3.02. The number of nitrogens with one attached hydrogen (secondary N) is 1. The fourth-order valence-corrected chi connectivity index (χ4v) is 4.42. The zero-order valence-corrected chi connectivity index (χ0v) is 18.1. The largest absolute Gasteiger partial charge is 0.435 e. The number of amides is 2. The highest BCUT2D eigenvalue weighted by Gasteiger charge is 2.33. The van der Waals surface area contributed by atoms with E-state index in [9.17, 15) is 18.4 Å². The predicted molar refractivity (Wildman–Crippen MR) is 124 cm³/mol. The summed E-state index contributed by atoms with van der Waals surface area (Å²) in [6, 6.07) is 19.3. The van der Waals surface area contributed by atoms with Crippen LogP contribution in [0.15, 0.2) is 71.6 Å². The van der Waals surface area contributed by atoms with Gasteiger partial charge in [-0.05, 0) is 52.3 Å². The van der Waals surface area contributed by atoms with Gasteiger partial charge in [-0.15, -0.1) is 0 Å². The highest BCUT2D eigenvalue weighted by Crippen LogP contribution is 2.32. The van der Waals surface area contributed by atoms with Gasteiger partial charge in [0.2, 0.25) is 5.91 Å². The molecule has 1 fully saturated rings. The number of hydrazine groups is 1. The van der Waals surface area contributed by atoms with E-state index in [-0.39, 0.29) is 22.4 Å². The zero-order chi connectivity index (χ0) is 22.7. The molecule has 0 saturated carbocycles. The number of carbonyl (C=O) groups is 2. The van der Waals surface area contributed by atoms with Gasteiger partial charge in [0.1, 0.15) is 5.75 Å². The summed E-state index contributed by atoms with van der Waals surface area (Å²) in [6.07, 6.45) is 1.66. The fraction of sp³-hybridized carbons (Fsp3) is 0.0870. The summed E-state index contributed by atoms with van der Waals surface area (Å²) >= 11 is 6.29. The van der Waals surface area contributed by atoms with Crippen molar-refractivity contribution in [2.24, 2.45) is 0 Å². The Morgan fingerprint density at radius 1 is 1.09 bits per heavy atom. The smallest absolute Gasteiger partial charge is 0.387 e. The lowest BCUT2D eigenvalue weighted by Gasteiger charge is -2.16. The van der Waals surface area contributed by atoms with Crippen LogP contribution in [0.4, 0.5) is 8.78 Å². The molecule has 0 aliphatic carbocycles. The van der Waals surface area contributed by atoms with Crippen molar-refractivity contribution in [2.45, 2.75) is 13.0 Å². The van der Waals surface area contributed by atoms with Crippen LogP contribution in [0.1, 0.15) is 11.1 Å². The molecule has 1 N–H and O–H groups in total. The lowest BCUT2D eigenvalue weighted by molar-refractivity contribution is -0.132. The third kappa shape index (κ3) is 4.95. The molecule has 1 heterocycles. The van der Waals surface area contributed by atoms with Crippen LogP contribution in [0.2, 0.25) is 0 Å². The first-order valence-corrected chi connectivity index (χ1v) is 10.7. The van der Waals surface area contributed by atoms with Gasteiger partial charge < -0.3 is 4.74 Å². The molecule has 0 unspecified atom stereocenters. The van der Waals surface area contributed by atoms with Gasteiger partial charge in [0.15, 0.2) is 4.32 Å². The lowest BCUT2D eigenvalue weighted by atomic mass is 10.0. The van der Waals surface area contributed by atoms with Gasteiger partial charge in [0, 0.05) is 0 Å². The van der Waals surface area contributed by atoms with Gasteiger partial charge in [0.25, 0.3) is 5.91 Å². The number of fused-ring (bicyclic) bond motifs is 1. The molecule has 1 saturated heterocycles. The van der Waals surface area contributed by atoms with E-state index in [1.807, 2.05) is 42.5 Å². The van der Waals surface area contributed by atoms with Crippen LogP contribution >= 0.6 is 24.0 Å². The Kier molecular flexibility index (Phi) is 6.48. The number of carbonyl (C=O) groups excluding carboxylic acids is 2. The first-order valence-electron chi connectivity index (χ1n) is 9.49. The first kappa shape index (κ1) is 21.9. The molecule has 0 atom stereocenters. The number of ether oxygens (including phenoxy) is 1. The van der Waals surface area contributed by atoms with Crippen molar-refractivity contribution in [2.75, 3.05) is 0 Å². The highest BCUT2D eigenvalue weighted by molar-refractivity contribution is 8.26. The molecule has 4 rings (SSSR count). The van der Waals surface area contributed by atoms with E-state index in [1.54, 1.807) is 18.2 Å². The lowest BCUT2D eigenvalue weighted by Crippen LogP contribution is -2.45. The third-order valence-electron chi connectivity index (χ3n) is 4.66. The number of rotatable bonds is 6. The Hall–Kier alpha value is -3.30. The Labute approximate surface area is 192 Å². The first-order chi connectivity index (χ1) is 15.4. The van der Waals surface area contributed by atoms with Crippen LogP contribution in [0.5, 0.6) is 5.75 Å². The quantitative estimate of drug-likeness (QED) is 0.410. The van der Waals surface area contributed by atoms with Crippen LogP contribution in [-0.4, -0.2) is 27.8 Å². The van der Waals surface area contributed by atoms with Crippen molar-refractivity contribution in [1.82, 2.24) is 10.4 Å². The normalized spacial score (nSPS) is 15.1. The standard InChI is InChI=1S/C23H16F2N2O3S2/c24-22(25)30-17-10-8-14(9-11-17)12-19-21(29)27(23(31)32-19)26-20(28)13-16-6-3-5-15-4-1-2-7-18(15)16/h1-12,22H,13H2,(H,26,28). The van der Waals surface area contributed by atoms with Crippen LogP contribution in [0.25, 0.3) is 16.8 Å². The summed E-state index contributed by atoms with van der Waals surface area (Å²) in [7, 11) is 0. The van der Waals surface area contributed by atoms with Crippen molar-refractivity contribution >= 4 is 57.0 Å². The molecule has 2 amide bonds. The van der Waals surface area contributed by atoms with Crippen LogP contribution in [-0.2, 0) is 16.0 Å². The molecule has 5 nitrogen and oxygen atoms in total. The highest BCUT2D eigenvalue weighted by atomic mass is 32.2. The summed E-state index contributed by atoms with van der Waals surface area (Å²) in [4.78, 5) is 25.7.